The van der Waals surface area contributed by atoms with Crippen LogP contribution >= 0.6 is 0 Å². The maximum Gasteiger partial charge on any atom is 0.317 e. The summed E-state index contributed by atoms with van der Waals surface area (Å²) in [4.78, 5) is 14.1. The van der Waals surface area contributed by atoms with Crippen molar-refractivity contribution >= 4 is 6.03 Å². The normalized spacial score (nSPS) is 19.6. The first-order valence-corrected chi connectivity index (χ1v) is 8.10. The molecule has 0 saturated carbocycles. The summed E-state index contributed by atoms with van der Waals surface area (Å²) in [6, 6.07) is 7.61. The summed E-state index contributed by atoms with van der Waals surface area (Å²) >= 11 is 0. The number of para-hydroxylation sites is 1. The summed E-state index contributed by atoms with van der Waals surface area (Å²) in [5.74, 6) is 0.816. The monoisotopic (exact) mass is 306 g/mol. The van der Waals surface area contributed by atoms with Crippen LogP contribution < -0.4 is 10.1 Å². The maximum absolute atomic E-state index is 12.4. The van der Waals surface area contributed by atoms with Crippen LogP contribution in [0.2, 0.25) is 0 Å². The Morgan fingerprint density at radius 1 is 1.45 bits per heavy atom. The molecule has 0 aliphatic carbocycles. The van der Waals surface area contributed by atoms with E-state index in [1.54, 1.807) is 4.90 Å². The quantitative estimate of drug-likeness (QED) is 0.879. The first-order valence-electron chi connectivity index (χ1n) is 8.10. The predicted molar refractivity (Wildman–Crippen MR) is 86.0 cm³/mol. The summed E-state index contributed by atoms with van der Waals surface area (Å²) in [5.41, 5.74) is 0.998. The fraction of sp³-hybridized carbons (Fsp3) is 0.588. The van der Waals surface area contributed by atoms with Crippen molar-refractivity contribution in [3.05, 3.63) is 29.8 Å². The van der Waals surface area contributed by atoms with Gasteiger partial charge in [0, 0.05) is 18.7 Å². The van der Waals surface area contributed by atoms with Crippen molar-refractivity contribution in [1.29, 1.82) is 0 Å². The molecule has 1 heterocycles. The largest absolute Gasteiger partial charge is 0.494 e. The first-order chi connectivity index (χ1) is 10.7. The fourth-order valence-electron chi connectivity index (χ4n) is 2.83. The maximum atomic E-state index is 12.4. The molecular formula is C17H26N2O3. The minimum Gasteiger partial charge on any atom is -0.494 e. The molecule has 0 radical (unpaired) electrons. The Hall–Kier alpha value is -1.75. The number of hydrogen-bond donors (Lipinski definition) is 2. The molecular weight excluding hydrogens is 280 g/mol. The third-order valence-electron chi connectivity index (χ3n) is 3.98. The van der Waals surface area contributed by atoms with Gasteiger partial charge in [0.1, 0.15) is 5.75 Å². The Morgan fingerprint density at radius 3 is 2.91 bits per heavy atom. The molecule has 1 aromatic rings. The smallest absolute Gasteiger partial charge is 0.317 e. The van der Waals surface area contributed by atoms with Gasteiger partial charge in [-0.1, -0.05) is 25.1 Å². The highest BCUT2D eigenvalue weighted by atomic mass is 16.5. The molecule has 2 atom stereocenters. The zero-order valence-electron chi connectivity index (χ0n) is 13.4. The lowest BCUT2D eigenvalue weighted by molar-refractivity contribution is 0.0832. The number of aliphatic hydroxyl groups is 1. The molecule has 5 heteroatoms. The van der Waals surface area contributed by atoms with Crippen LogP contribution in [-0.2, 0) is 0 Å². The number of carbonyl (C=O) groups excluding carboxylic acids is 1. The van der Waals surface area contributed by atoms with E-state index in [2.05, 4.69) is 5.32 Å². The van der Waals surface area contributed by atoms with Gasteiger partial charge < -0.3 is 20.1 Å². The van der Waals surface area contributed by atoms with E-state index in [1.165, 1.54) is 0 Å². The first kappa shape index (κ1) is 16.6. The number of nitrogens with zero attached hydrogens (tertiary/aromatic N) is 1. The van der Waals surface area contributed by atoms with E-state index >= 15 is 0 Å². The molecule has 1 fully saturated rings. The van der Waals surface area contributed by atoms with Gasteiger partial charge >= 0.3 is 6.03 Å². The van der Waals surface area contributed by atoms with Crippen molar-refractivity contribution in [2.45, 2.75) is 45.3 Å². The van der Waals surface area contributed by atoms with Gasteiger partial charge in [0.15, 0.2) is 0 Å². The van der Waals surface area contributed by atoms with Crippen LogP contribution in [0.4, 0.5) is 4.79 Å². The van der Waals surface area contributed by atoms with E-state index in [-0.39, 0.29) is 12.1 Å². The van der Waals surface area contributed by atoms with E-state index in [0.717, 1.165) is 30.6 Å². The third-order valence-corrected chi connectivity index (χ3v) is 3.98. The molecule has 0 aromatic heterocycles. The van der Waals surface area contributed by atoms with Crippen LogP contribution in [-0.4, -0.2) is 41.8 Å². The Kier molecular flexibility index (Phi) is 6.07. The lowest BCUT2D eigenvalue weighted by Gasteiger charge is -2.32. The number of ether oxygens (including phenoxy) is 1. The number of rotatable bonds is 5. The van der Waals surface area contributed by atoms with Crippen LogP contribution in [0.5, 0.6) is 5.75 Å². The van der Waals surface area contributed by atoms with Crippen molar-refractivity contribution in [1.82, 2.24) is 10.2 Å². The van der Waals surface area contributed by atoms with Crippen LogP contribution in [0.15, 0.2) is 24.3 Å². The Balaban J connectivity index is 2.07. The Bertz CT molecular complexity index is 493. The minimum absolute atomic E-state index is 0.0886. The van der Waals surface area contributed by atoms with E-state index < -0.39 is 6.10 Å². The predicted octanol–water partition coefficient (Wildman–Crippen LogP) is 2.70. The number of likely N-dealkylation sites (tertiary alicyclic amines) is 1. The van der Waals surface area contributed by atoms with Gasteiger partial charge in [-0.2, -0.15) is 0 Å². The molecule has 2 unspecified atom stereocenters. The molecule has 1 saturated heterocycles. The van der Waals surface area contributed by atoms with E-state index in [4.69, 9.17) is 4.74 Å². The van der Waals surface area contributed by atoms with Crippen molar-refractivity contribution < 1.29 is 14.6 Å². The van der Waals surface area contributed by atoms with E-state index in [1.807, 2.05) is 38.1 Å². The van der Waals surface area contributed by atoms with Gasteiger partial charge in [-0.05, 0) is 32.3 Å². The number of nitrogens with one attached hydrogen (secondary N) is 1. The number of benzene rings is 1. The molecule has 2 rings (SSSR count). The number of amides is 2. The minimum atomic E-state index is -0.407. The molecule has 1 aromatic carbocycles. The van der Waals surface area contributed by atoms with Gasteiger partial charge in [-0.3, -0.25) is 0 Å². The average Bonchev–Trinajstić information content (AvgIpc) is 2.53. The molecule has 2 amide bonds. The number of piperidine rings is 1. The fourth-order valence-corrected chi connectivity index (χ4v) is 2.83. The Morgan fingerprint density at radius 2 is 2.23 bits per heavy atom. The third kappa shape index (κ3) is 4.13. The molecule has 1 aliphatic rings. The van der Waals surface area contributed by atoms with E-state index in [9.17, 15) is 9.90 Å². The second-order valence-corrected chi connectivity index (χ2v) is 5.62. The topological polar surface area (TPSA) is 61.8 Å². The van der Waals surface area contributed by atoms with Gasteiger partial charge in [0.05, 0.1) is 18.8 Å². The number of carbonyl (C=O) groups is 1. The number of urea groups is 1. The average molecular weight is 306 g/mol. The number of aliphatic hydroxyl groups excluding tert-OH is 1. The highest BCUT2D eigenvalue weighted by Gasteiger charge is 2.24. The molecule has 0 bridgehead atoms. The van der Waals surface area contributed by atoms with Gasteiger partial charge in [-0.15, -0.1) is 0 Å². The van der Waals surface area contributed by atoms with Crippen molar-refractivity contribution in [2.24, 2.45) is 0 Å². The number of hydrogen-bond acceptors (Lipinski definition) is 3. The zero-order chi connectivity index (χ0) is 15.9. The molecule has 2 N–H and O–H groups in total. The highest BCUT2D eigenvalue weighted by molar-refractivity contribution is 5.75. The van der Waals surface area contributed by atoms with E-state index in [0.29, 0.717) is 19.7 Å². The lowest BCUT2D eigenvalue weighted by atomic mass is 10.0. The van der Waals surface area contributed by atoms with Crippen LogP contribution in [0, 0.1) is 0 Å². The van der Waals surface area contributed by atoms with Crippen molar-refractivity contribution in [2.75, 3.05) is 19.7 Å². The standard InChI is InChI=1S/C17H26N2O3/c1-3-15(14-9-5-6-10-16(14)22-4-2)18-17(21)19-11-7-8-13(20)12-19/h5-6,9-10,13,15,20H,3-4,7-8,11-12H2,1-2H3,(H,18,21). The second kappa shape index (κ2) is 8.03. The molecule has 1 aliphatic heterocycles. The van der Waals surface area contributed by atoms with Crippen molar-refractivity contribution in [3.63, 3.8) is 0 Å². The zero-order valence-corrected chi connectivity index (χ0v) is 13.4. The summed E-state index contributed by atoms with van der Waals surface area (Å²) < 4.78 is 5.66. The molecule has 22 heavy (non-hydrogen) atoms. The van der Waals surface area contributed by atoms with Crippen LogP contribution in [0.25, 0.3) is 0 Å². The summed E-state index contributed by atoms with van der Waals surface area (Å²) in [6.07, 6.45) is 2.00. The summed E-state index contributed by atoms with van der Waals surface area (Å²) in [6.45, 7) is 5.70. The summed E-state index contributed by atoms with van der Waals surface area (Å²) in [5, 5.41) is 12.8. The summed E-state index contributed by atoms with van der Waals surface area (Å²) in [7, 11) is 0. The van der Waals surface area contributed by atoms with Gasteiger partial charge in [0.25, 0.3) is 0 Å². The van der Waals surface area contributed by atoms with Crippen LogP contribution in [0.1, 0.15) is 44.7 Å². The molecule has 122 valence electrons. The SMILES string of the molecule is CCOc1ccccc1C(CC)NC(=O)N1CCCC(O)C1. The van der Waals surface area contributed by atoms with Gasteiger partial charge in [0.2, 0.25) is 0 Å². The molecule has 5 nitrogen and oxygen atoms in total. The van der Waals surface area contributed by atoms with Crippen LogP contribution in [0.3, 0.4) is 0 Å². The Labute approximate surface area is 132 Å². The highest BCUT2D eigenvalue weighted by Crippen LogP contribution is 2.27. The molecule has 0 spiro atoms. The number of β-amino-alcohol motifs (C(OH)–C–C–N with tert-alkyl or cyclic N) is 1. The van der Waals surface area contributed by atoms with Gasteiger partial charge in [-0.25, -0.2) is 4.79 Å². The second-order valence-electron chi connectivity index (χ2n) is 5.62. The lowest BCUT2D eigenvalue weighted by Crippen LogP contribution is -2.47. The van der Waals surface area contributed by atoms with Crippen molar-refractivity contribution in [3.8, 4) is 5.75 Å².